The summed E-state index contributed by atoms with van der Waals surface area (Å²) in [5, 5.41) is 23.1. The molecule has 0 fully saturated rings. The van der Waals surface area contributed by atoms with Gasteiger partial charge in [0.05, 0.1) is 12.2 Å². The number of hydrogen-bond acceptors (Lipinski definition) is 5. The molecule has 7 heteroatoms. The summed E-state index contributed by atoms with van der Waals surface area (Å²) >= 11 is 10.2. The molecule has 0 atom stereocenters. The average molecular weight is 278 g/mol. The number of rotatable bonds is 6. The number of likely N-dealkylation sites (N-methyl/N-ethyl adjacent to an activating group) is 2. The minimum absolute atomic E-state index is 0.226. The third-order valence-electron chi connectivity index (χ3n) is 1.24. The van der Waals surface area contributed by atoms with E-state index < -0.39 is 6.10 Å². The van der Waals surface area contributed by atoms with Crippen molar-refractivity contribution < 1.29 is 10.2 Å². The van der Waals surface area contributed by atoms with Gasteiger partial charge in [-0.3, -0.25) is 0 Å². The molecule has 0 unspecified atom stereocenters. The average Bonchev–Trinajstić information content (AvgIpc) is 2.32. The molecule has 0 aromatic heterocycles. The quantitative estimate of drug-likeness (QED) is 0.410. The first kappa shape index (κ1) is 21.6. The van der Waals surface area contributed by atoms with Gasteiger partial charge in [-0.2, -0.15) is 0 Å². The summed E-state index contributed by atoms with van der Waals surface area (Å²) in [4.78, 5) is 0. The van der Waals surface area contributed by atoms with E-state index in [0.717, 1.165) is 0 Å². The molecule has 0 aromatic carbocycles. The van der Waals surface area contributed by atoms with Gasteiger partial charge in [-0.1, -0.05) is 0 Å². The summed E-state index contributed by atoms with van der Waals surface area (Å²) in [6.45, 7) is 1.31. The molecule has 102 valence electrons. The zero-order valence-electron chi connectivity index (χ0n) is 10.2. The SMILES string of the molecule is CN.CNCC(O)CNC.OC(CCl)CCl. The fourth-order valence-electron chi connectivity index (χ4n) is 0.585. The van der Waals surface area contributed by atoms with Gasteiger partial charge in [0, 0.05) is 24.8 Å². The Kier molecular flexibility index (Phi) is 28.1. The summed E-state index contributed by atoms with van der Waals surface area (Å²) in [6.07, 6.45) is -0.793. The van der Waals surface area contributed by atoms with Crippen LogP contribution in [0.2, 0.25) is 0 Å². The lowest BCUT2D eigenvalue weighted by atomic mass is 10.3. The second kappa shape index (κ2) is 20.8. The molecule has 0 radical (unpaired) electrons. The lowest BCUT2D eigenvalue weighted by molar-refractivity contribution is 0.174. The van der Waals surface area contributed by atoms with Gasteiger partial charge in [-0.05, 0) is 21.1 Å². The van der Waals surface area contributed by atoms with Crippen molar-refractivity contribution in [2.75, 3.05) is 46.0 Å². The minimum atomic E-state index is -0.534. The number of hydrogen-bond donors (Lipinski definition) is 5. The van der Waals surface area contributed by atoms with Crippen LogP contribution in [0.15, 0.2) is 0 Å². The molecular weight excluding hydrogens is 253 g/mol. The molecule has 5 nitrogen and oxygen atoms in total. The second-order valence-corrected chi connectivity index (χ2v) is 3.35. The smallest absolute Gasteiger partial charge is 0.0810 e. The van der Waals surface area contributed by atoms with E-state index in [-0.39, 0.29) is 17.9 Å². The monoisotopic (exact) mass is 277 g/mol. The van der Waals surface area contributed by atoms with Crippen LogP contribution in [-0.4, -0.2) is 68.4 Å². The molecule has 0 heterocycles. The summed E-state index contributed by atoms with van der Waals surface area (Å²) in [5.41, 5.74) is 4.50. The third kappa shape index (κ3) is 23.9. The van der Waals surface area contributed by atoms with Crippen molar-refractivity contribution in [3.05, 3.63) is 0 Å². The van der Waals surface area contributed by atoms with E-state index in [1.54, 1.807) is 0 Å². The Morgan fingerprint density at radius 3 is 1.38 bits per heavy atom. The molecule has 0 saturated carbocycles. The van der Waals surface area contributed by atoms with Crippen molar-refractivity contribution in [3.63, 3.8) is 0 Å². The fourth-order valence-corrected chi connectivity index (χ4v) is 0.915. The summed E-state index contributed by atoms with van der Waals surface area (Å²) < 4.78 is 0. The van der Waals surface area contributed by atoms with E-state index >= 15 is 0 Å². The normalized spacial score (nSPS) is 9.38. The number of alkyl halides is 2. The van der Waals surface area contributed by atoms with Crippen molar-refractivity contribution in [2.24, 2.45) is 5.73 Å². The largest absolute Gasteiger partial charge is 0.391 e. The van der Waals surface area contributed by atoms with Gasteiger partial charge in [0.25, 0.3) is 0 Å². The first-order valence-electron chi connectivity index (χ1n) is 4.97. The Morgan fingerprint density at radius 2 is 1.25 bits per heavy atom. The highest BCUT2D eigenvalue weighted by Gasteiger charge is 1.96. The molecule has 0 spiro atoms. The van der Waals surface area contributed by atoms with Gasteiger partial charge in [-0.15, -0.1) is 23.2 Å². The van der Waals surface area contributed by atoms with Gasteiger partial charge < -0.3 is 26.6 Å². The number of nitrogens with two attached hydrogens (primary N) is 1. The Hall–Kier alpha value is 0.380. The third-order valence-corrected chi connectivity index (χ3v) is 1.95. The van der Waals surface area contributed by atoms with Crippen LogP contribution in [0.4, 0.5) is 0 Å². The molecule has 6 N–H and O–H groups in total. The summed E-state index contributed by atoms with van der Waals surface area (Å²) in [7, 11) is 5.14. The zero-order chi connectivity index (χ0) is 13.4. The van der Waals surface area contributed by atoms with Crippen LogP contribution in [0.5, 0.6) is 0 Å². The van der Waals surface area contributed by atoms with E-state index in [2.05, 4.69) is 16.4 Å². The van der Waals surface area contributed by atoms with E-state index in [4.69, 9.17) is 33.4 Å². The highest BCUT2D eigenvalue weighted by molar-refractivity contribution is 6.21. The number of halogens is 2. The number of aliphatic hydroxyl groups is 2. The van der Waals surface area contributed by atoms with Gasteiger partial charge in [0.2, 0.25) is 0 Å². The van der Waals surface area contributed by atoms with Crippen LogP contribution in [0.3, 0.4) is 0 Å². The first-order valence-corrected chi connectivity index (χ1v) is 6.04. The topological polar surface area (TPSA) is 90.5 Å². The van der Waals surface area contributed by atoms with E-state index in [1.165, 1.54) is 7.05 Å². The minimum Gasteiger partial charge on any atom is -0.391 e. The van der Waals surface area contributed by atoms with Gasteiger partial charge >= 0.3 is 0 Å². The zero-order valence-corrected chi connectivity index (χ0v) is 11.7. The molecular formula is C9H25Cl2N3O2. The molecule has 0 aliphatic rings. The highest BCUT2D eigenvalue weighted by Crippen LogP contribution is 1.88. The lowest BCUT2D eigenvalue weighted by Gasteiger charge is -2.06. The van der Waals surface area contributed by atoms with Crippen LogP contribution in [0, 0.1) is 0 Å². The Bertz CT molecular complexity index is 103. The number of aliphatic hydroxyl groups excluding tert-OH is 2. The van der Waals surface area contributed by atoms with Gasteiger partial charge in [0.15, 0.2) is 0 Å². The van der Waals surface area contributed by atoms with Crippen molar-refractivity contribution in [1.82, 2.24) is 10.6 Å². The maximum atomic E-state index is 8.92. The van der Waals surface area contributed by atoms with Crippen LogP contribution >= 0.6 is 23.2 Å². The Morgan fingerprint density at radius 1 is 0.938 bits per heavy atom. The molecule has 0 bridgehead atoms. The van der Waals surface area contributed by atoms with Crippen molar-refractivity contribution in [3.8, 4) is 0 Å². The first-order chi connectivity index (χ1) is 7.62. The molecule has 0 amide bonds. The van der Waals surface area contributed by atoms with Crippen LogP contribution in [0.1, 0.15) is 0 Å². The molecule has 0 aliphatic carbocycles. The lowest BCUT2D eigenvalue weighted by Crippen LogP contribution is -2.32. The summed E-state index contributed by atoms with van der Waals surface area (Å²) in [5.74, 6) is 0.451. The van der Waals surface area contributed by atoms with E-state index in [9.17, 15) is 0 Å². The van der Waals surface area contributed by atoms with Gasteiger partial charge in [0.1, 0.15) is 0 Å². The second-order valence-electron chi connectivity index (χ2n) is 2.73. The Balaban J connectivity index is -0.000000188. The van der Waals surface area contributed by atoms with Crippen LogP contribution < -0.4 is 16.4 Å². The molecule has 0 rings (SSSR count). The highest BCUT2D eigenvalue weighted by atomic mass is 35.5. The summed E-state index contributed by atoms with van der Waals surface area (Å²) in [6, 6.07) is 0. The molecule has 0 aromatic rings. The number of nitrogens with one attached hydrogen (secondary N) is 2. The van der Waals surface area contributed by atoms with Gasteiger partial charge in [-0.25, -0.2) is 0 Å². The predicted octanol–water partition coefficient (Wildman–Crippen LogP) is -0.814. The molecule has 16 heavy (non-hydrogen) atoms. The molecule has 0 aliphatic heterocycles. The van der Waals surface area contributed by atoms with Crippen molar-refractivity contribution in [1.29, 1.82) is 0 Å². The van der Waals surface area contributed by atoms with Crippen molar-refractivity contribution >= 4 is 23.2 Å². The standard InChI is InChI=1S/C5H14N2O.C3H6Cl2O.CH5N/c1-6-3-5(8)4-7-2;4-1-3(6)2-5;1-2/h5-8H,3-4H2,1-2H3;3,6H,1-2H2;2H2,1H3. The molecule has 0 saturated heterocycles. The fraction of sp³-hybridized carbons (Fsp3) is 1.00. The Labute approximate surface area is 108 Å². The predicted molar refractivity (Wildman–Crippen MR) is 71.4 cm³/mol. The maximum Gasteiger partial charge on any atom is 0.0810 e. The van der Waals surface area contributed by atoms with Crippen LogP contribution in [-0.2, 0) is 0 Å². The van der Waals surface area contributed by atoms with Crippen molar-refractivity contribution in [2.45, 2.75) is 12.2 Å². The maximum absolute atomic E-state index is 8.92. The van der Waals surface area contributed by atoms with E-state index in [0.29, 0.717) is 13.1 Å². The van der Waals surface area contributed by atoms with E-state index in [1.807, 2.05) is 14.1 Å². The van der Waals surface area contributed by atoms with Crippen LogP contribution in [0.25, 0.3) is 0 Å².